The van der Waals surface area contributed by atoms with Crippen LogP contribution in [0.25, 0.3) is 0 Å². The molecule has 0 spiro atoms. The van der Waals surface area contributed by atoms with Crippen molar-refractivity contribution in [2.45, 2.75) is 0 Å². The van der Waals surface area contributed by atoms with Gasteiger partial charge in [0.1, 0.15) is 5.75 Å². The Labute approximate surface area is 196 Å². The zero-order chi connectivity index (χ0) is 24.3. The molecule has 9 nitrogen and oxygen atoms in total. The molecule has 34 heavy (non-hydrogen) atoms. The van der Waals surface area contributed by atoms with Gasteiger partial charge in [0.05, 0.1) is 31.7 Å². The molecule has 0 saturated carbocycles. The Bertz CT molecular complexity index is 1170. The number of anilines is 2. The van der Waals surface area contributed by atoms with Crippen LogP contribution in [-0.4, -0.2) is 44.8 Å². The first kappa shape index (κ1) is 24.0. The maximum atomic E-state index is 12.5. The van der Waals surface area contributed by atoms with Gasteiger partial charge in [-0.25, -0.2) is 4.79 Å². The second kappa shape index (κ2) is 11.8. The van der Waals surface area contributed by atoms with Crippen LogP contribution in [0.3, 0.4) is 0 Å². The minimum Gasteiger partial charge on any atom is -0.495 e. The fourth-order valence-corrected chi connectivity index (χ4v) is 2.86. The van der Waals surface area contributed by atoms with E-state index in [9.17, 15) is 14.4 Å². The lowest BCUT2D eigenvalue weighted by atomic mass is 10.1. The third kappa shape index (κ3) is 6.67. The lowest BCUT2D eigenvalue weighted by molar-refractivity contribution is -0.120. The largest absolute Gasteiger partial charge is 0.495 e. The van der Waals surface area contributed by atoms with Crippen molar-refractivity contribution in [1.29, 1.82) is 0 Å². The van der Waals surface area contributed by atoms with E-state index in [0.29, 0.717) is 33.8 Å². The van der Waals surface area contributed by atoms with Gasteiger partial charge in [-0.05, 0) is 54.1 Å². The smallest absolute Gasteiger partial charge is 0.337 e. The molecule has 0 radical (unpaired) electrons. The molecule has 0 bridgehead atoms. The summed E-state index contributed by atoms with van der Waals surface area (Å²) in [7, 11) is 2.84. The number of carbonyl (C=O) groups is 3. The molecule has 0 aliphatic rings. The first-order chi connectivity index (χ1) is 16.5. The van der Waals surface area contributed by atoms with Crippen LogP contribution in [0.1, 0.15) is 26.3 Å². The lowest BCUT2D eigenvalue weighted by Gasteiger charge is -2.10. The van der Waals surface area contributed by atoms with Crippen molar-refractivity contribution in [3.63, 3.8) is 0 Å². The standard InChI is InChI=1S/C25H23N3O6/c1-32-22-6-4-3-5-21(22)28-24(30)18-11-13-20(14-12-18)27-23(29)16-34-26-15-17-7-9-19(10-8-17)25(31)33-2/h3-15H,16H2,1-2H3,(H,27,29)(H,28,30)/b26-15+. The first-order valence-electron chi connectivity index (χ1n) is 10.2. The third-order valence-corrected chi connectivity index (χ3v) is 4.59. The van der Waals surface area contributed by atoms with Crippen molar-refractivity contribution in [3.05, 3.63) is 89.5 Å². The number of carbonyl (C=O) groups excluding carboxylic acids is 3. The molecule has 174 valence electrons. The van der Waals surface area contributed by atoms with Crippen LogP contribution in [-0.2, 0) is 14.4 Å². The number of rotatable bonds is 9. The summed E-state index contributed by atoms with van der Waals surface area (Å²) in [6, 6.07) is 20.0. The number of esters is 1. The minimum atomic E-state index is -0.429. The van der Waals surface area contributed by atoms with Crippen molar-refractivity contribution in [2.24, 2.45) is 5.16 Å². The number of ether oxygens (including phenoxy) is 2. The second-order valence-electron chi connectivity index (χ2n) is 6.90. The molecule has 0 heterocycles. The number of hydrogen-bond donors (Lipinski definition) is 2. The summed E-state index contributed by atoms with van der Waals surface area (Å²) in [4.78, 5) is 40.9. The molecule has 3 aromatic carbocycles. The van der Waals surface area contributed by atoms with Crippen molar-refractivity contribution in [3.8, 4) is 5.75 Å². The zero-order valence-corrected chi connectivity index (χ0v) is 18.6. The van der Waals surface area contributed by atoms with Gasteiger partial charge < -0.3 is 24.9 Å². The molecule has 0 aliphatic carbocycles. The van der Waals surface area contributed by atoms with Gasteiger partial charge in [-0.15, -0.1) is 0 Å². The Kier molecular flexibility index (Phi) is 8.34. The molecule has 0 unspecified atom stereocenters. The Morgan fingerprint density at radius 1 is 0.853 bits per heavy atom. The van der Waals surface area contributed by atoms with Crippen LogP contribution in [0.5, 0.6) is 5.75 Å². The SMILES string of the molecule is COC(=O)c1ccc(/C=N/OCC(=O)Nc2ccc(C(=O)Nc3ccccc3OC)cc2)cc1. The van der Waals surface area contributed by atoms with Gasteiger partial charge >= 0.3 is 5.97 Å². The summed E-state index contributed by atoms with van der Waals surface area (Å²) >= 11 is 0. The van der Waals surface area contributed by atoms with Gasteiger partial charge in [0.25, 0.3) is 11.8 Å². The van der Waals surface area contributed by atoms with Crippen molar-refractivity contribution < 1.29 is 28.7 Å². The third-order valence-electron chi connectivity index (χ3n) is 4.59. The molecular formula is C25H23N3O6. The summed E-state index contributed by atoms with van der Waals surface area (Å²) in [6.45, 7) is -0.299. The number of nitrogens with one attached hydrogen (secondary N) is 2. The lowest BCUT2D eigenvalue weighted by Crippen LogP contribution is -2.17. The van der Waals surface area contributed by atoms with Crippen LogP contribution in [0.4, 0.5) is 11.4 Å². The van der Waals surface area contributed by atoms with E-state index in [2.05, 4.69) is 20.5 Å². The Morgan fingerprint density at radius 3 is 2.21 bits per heavy atom. The fraction of sp³-hybridized carbons (Fsp3) is 0.120. The normalized spacial score (nSPS) is 10.4. The Morgan fingerprint density at radius 2 is 1.53 bits per heavy atom. The van der Waals surface area contributed by atoms with Gasteiger partial charge in [-0.3, -0.25) is 9.59 Å². The van der Waals surface area contributed by atoms with Crippen LogP contribution >= 0.6 is 0 Å². The summed E-state index contributed by atoms with van der Waals surface area (Å²) in [5.41, 5.74) is 2.59. The van der Waals surface area contributed by atoms with Crippen LogP contribution in [0.2, 0.25) is 0 Å². The van der Waals surface area contributed by atoms with E-state index in [1.54, 1.807) is 66.7 Å². The van der Waals surface area contributed by atoms with Gasteiger partial charge in [-0.1, -0.05) is 29.4 Å². The molecule has 0 aromatic heterocycles. The molecule has 2 N–H and O–H groups in total. The van der Waals surface area contributed by atoms with Crippen LogP contribution in [0, 0.1) is 0 Å². The highest BCUT2D eigenvalue weighted by Gasteiger charge is 2.10. The molecule has 0 saturated heterocycles. The summed E-state index contributed by atoms with van der Waals surface area (Å²) < 4.78 is 9.86. The predicted molar refractivity (Wildman–Crippen MR) is 127 cm³/mol. The van der Waals surface area contributed by atoms with E-state index in [-0.39, 0.29) is 12.5 Å². The summed E-state index contributed by atoms with van der Waals surface area (Å²) in [5, 5.41) is 9.19. The van der Waals surface area contributed by atoms with Crippen molar-refractivity contribution >= 4 is 35.4 Å². The van der Waals surface area contributed by atoms with Gasteiger partial charge in [0, 0.05) is 11.3 Å². The van der Waals surface area contributed by atoms with E-state index < -0.39 is 11.9 Å². The van der Waals surface area contributed by atoms with E-state index >= 15 is 0 Å². The number of nitrogens with zero attached hydrogens (tertiary/aromatic N) is 1. The topological polar surface area (TPSA) is 115 Å². The van der Waals surface area contributed by atoms with Crippen molar-refractivity contribution in [2.75, 3.05) is 31.5 Å². The Hall–Kier alpha value is -4.66. The van der Waals surface area contributed by atoms with Crippen LogP contribution < -0.4 is 15.4 Å². The van der Waals surface area contributed by atoms with Crippen LogP contribution in [0.15, 0.2) is 78.0 Å². The number of hydrogen-bond acceptors (Lipinski definition) is 7. The number of benzene rings is 3. The quantitative estimate of drug-likeness (QED) is 0.285. The fourth-order valence-electron chi connectivity index (χ4n) is 2.86. The number of oxime groups is 1. The van der Waals surface area contributed by atoms with Crippen molar-refractivity contribution in [1.82, 2.24) is 0 Å². The predicted octanol–water partition coefficient (Wildman–Crippen LogP) is 3.72. The molecular weight excluding hydrogens is 438 g/mol. The molecule has 0 atom stereocenters. The molecule has 2 amide bonds. The average Bonchev–Trinajstić information content (AvgIpc) is 2.87. The highest BCUT2D eigenvalue weighted by molar-refractivity contribution is 6.05. The van der Waals surface area contributed by atoms with E-state index in [1.807, 2.05) is 6.07 Å². The van der Waals surface area contributed by atoms with E-state index in [4.69, 9.17) is 9.57 Å². The highest BCUT2D eigenvalue weighted by atomic mass is 16.6. The molecule has 9 heteroatoms. The Balaban J connectivity index is 1.46. The maximum Gasteiger partial charge on any atom is 0.337 e. The van der Waals surface area contributed by atoms with E-state index in [1.165, 1.54) is 20.4 Å². The molecule has 0 fully saturated rings. The second-order valence-corrected chi connectivity index (χ2v) is 6.90. The summed E-state index contributed by atoms with van der Waals surface area (Å²) in [5.74, 6) is -0.592. The monoisotopic (exact) mass is 461 g/mol. The molecule has 3 aromatic rings. The molecule has 3 rings (SSSR count). The zero-order valence-electron chi connectivity index (χ0n) is 18.6. The highest BCUT2D eigenvalue weighted by Crippen LogP contribution is 2.23. The average molecular weight is 461 g/mol. The van der Waals surface area contributed by atoms with Gasteiger partial charge in [0.2, 0.25) is 0 Å². The van der Waals surface area contributed by atoms with Gasteiger partial charge in [-0.2, -0.15) is 0 Å². The first-order valence-corrected chi connectivity index (χ1v) is 10.2. The maximum absolute atomic E-state index is 12.5. The number of para-hydroxylation sites is 2. The molecule has 0 aliphatic heterocycles. The number of amides is 2. The number of methoxy groups -OCH3 is 2. The van der Waals surface area contributed by atoms with E-state index in [0.717, 1.165) is 0 Å². The van der Waals surface area contributed by atoms with Gasteiger partial charge in [0.15, 0.2) is 6.61 Å². The summed E-state index contributed by atoms with van der Waals surface area (Å²) in [6.07, 6.45) is 1.42. The minimum absolute atomic E-state index is 0.299.